The Morgan fingerprint density at radius 3 is 2.21 bits per heavy atom. The summed E-state index contributed by atoms with van der Waals surface area (Å²) in [4.78, 5) is 44.6. The van der Waals surface area contributed by atoms with Crippen LogP contribution in [0.2, 0.25) is 0 Å². The summed E-state index contributed by atoms with van der Waals surface area (Å²) >= 11 is 0. The molecule has 4 aromatic rings. The molecule has 2 aromatic carbocycles. The molecular formula is C33H49ClN8O6. The van der Waals surface area contributed by atoms with Gasteiger partial charge in [-0.15, -0.1) is 0 Å². The maximum absolute atomic E-state index is 11.6. The van der Waals surface area contributed by atoms with Crippen molar-refractivity contribution in [3.05, 3.63) is 82.4 Å². The fourth-order valence-electron chi connectivity index (χ4n) is 3.82. The molecule has 4 rings (SSSR count). The Labute approximate surface area is 287 Å². The molecule has 1 atom stereocenters. The second kappa shape index (κ2) is 20.7. The Kier molecular flexibility index (Phi) is 17.9. The average Bonchev–Trinajstić information content (AvgIpc) is 3.44. The van der Waals surface area contributed by atoms with Crippen LogP contribution in [0, 0.1) is 5.92 Å². The molecule has 0 radical (unpaired) electrons. The van der Waals surface area contributed by atoms with E-state index in [0.717, 1.165) is 11.0 Å². The van der Waals surface area contributed by atoms with E-state index >= 15 is 0 Å². The summed E-state index contributed by atoms with van der Waals surface area (Å²) in [5, 5.41) is 0. The second-order valence-electron chi connectivity index (χ2n) is 11.6. The van der Waals surface area contributed by atoms with Crippen molar-refractivity contribution in [1.29, 1.82) is 0 Å². The van der Waals surface area contributed by atoms with Gasteiger partial charge in [0, 0.05) is 11.3 Å². The number of fused-ring (bicyclic) bond motifs is 1. The Balaban J connectivity index is 0.000000390. The molecule has 2 aromatic heterocycles. The first-order valence-corrected chi connectivity index (χ1v) is 15.4. The molecule has 0 amide bonds. The van der Waals surface area contributed by atoms with Gasteiger partial charge in [-0.25, -0.2) is 9.78 Å². The van der Waals surface area contributed by atoms with E-state index in [1.807, 2.05) is 13.8 Å². The number of nitrogens with zero attached hydrogens (tertiary/aromatic N) is 4. The molecule has 14 nitrogen and oxygen atoms in total. The molecule has 48 heavy (non-hydrogen) atoms. The Hall–Kier alpha value is -4.50. The van der Waals surface area contributed by atoms with Gasteiger partial charge in [0.15, 0.2) is 11.2 Å². The number of quaternary nitrogens is 1. The number of H-pyrrole nitrogens is 1. The van der Waals surface area contributed by atoms with E-state index in [9.17, 15) is 14.4 Å². The predicted octanol–water partition coefficient (Wildman–Crippen LogP) is -0.0652. The quantitative estimate of drug-likeness (QED) is 0.0672. The molecule has 0 aliphatic heterocycles. The van der Waals surface area contributed by atoms with E-state index < -0.39 is 17.6 Å². The number of benzene rings is 2. The minimum atomic E-state index is -0.647. The molecule has 0 fully saturated rings. The highest BCUT2D eigenvalue weighted by Gasteiger charge is 2.18. The van der Waals surface area contributed by atoms with Crippen molar-refractivity contribution in [1.82, 2.24) is 19.5 Å². The van der Waals surface area contributed by atoms with Gasteiger partial charge in [0.1, 0.15) is 25.9 Å². The first kappa shape index (κ1) is 41.5. The lowest BCUT2D eigenvalue weighted by atomic mass is 10.1. The first-order chi connectivity index (χ1) is 22.3. The lowest BCUT2D eigenvalue weighted by Crippen LogP contribution is -3.00. The molecule has 0 unspecified atom stereocenters. The molecule has 15 heteroatoms. The van der Waals surface area contributed by atoms with Crippen molar-refractivity contribution in [3.8, 4) is 0 Å². The highest BCUT2D eigenvalue weighted by Crippen LogP contribution is 2.09. The van der Waals surface area contributed by atoms with Crippen LogP contribution >= 0.6 is 0 Å². The largest absolute Gasteiger partial charge is 1.00 e. The third kappa shape index (κ3) is 14.1. The van der Waals surface area contributed by atoms with Crippen LogP contribution in [0.15, 0.2) is 65.7 Å². The number of rotatable bonds is 12. The fraction of sp³-hybridized carbons (Fsp3) is 0.424. The second-order valence-corrected chi connectivity index (χ2v) is 11.6. The van der Waals surface area contributed by atoms with Crippen LogP contribution < -0.4 is 35.2 Å². The number of hydrogen-bond donors (Lipinski definition) is 4. The SMILES string of the molecule is CC(C)[C@H](N)C(=O)OCCOCn1cnc2c(=O)[nH]c(N)nc21.CCOC(=O)c1ccc(N)cc1.CC[N+](C)(C)Cc1ccccc1.[Cl-]. The van der Waals surface area contributed by atoms with Crippen molar-refractivity contribution in [2.45, 2.75) is 47.0 Å². The summed E-state index contributed by atoms with van der Waals surface area (Å²) in [6.07, 6.45) is 1.42. The number of ether oxygens (including phenoxy) is 3. The Morgan fingerprint density at radius 2 is 1.62 bits per heavy atom. The van der Waals surface area contributed by atoms with Crippen molar-refractivity contribution in [2.24, 2.45) is 11.7 Å². The lowest BCUT2D eigenvalue weighted by Gasteiger charge is -2.28. The number of nitrogen functional groups attached to an aromatic ring is 2. The van der Waals surface area contributed by atoms with Gasteiger partial charge in [-0.1, -0.05) is 44.2 Å². The summed E-state index contributed by atoms with van der Waals surface area (Å²) in [5.74, 6) is -0.758. The van der Waals surface area contributed by atoms with E-state index in [1.165, 1.54) is 23.0 Å². The molecule has 7 N–H and O–H groups in total. The lowest BCUT2D eigenvalue weighted by molar-refractivity contribution is -0.901. The van der Waals surface area contributed by atoms with Crippen LogP contribution in [0.1, 0.15) is 43.6 Å². The van der Waals surface area contributed by atoms with Crippen LogP contribution in [0.5, 0.6) is 0 Å². The van der Waals surface area contributed by atoms with E-state index in [-0.39, 0.29) is 55.7 Å². The van der Waals surface area contributed by atoms with Gasteiger partial charge in [0.25, 0.3) is 5.56 Å². The van der Waals surface area contributed by atoms with E-state index in [1.54, 1.807) is 31.2 Å². The summed E-state index contributed by atoms with van der Waals surface area (Å²) in [6.45, 7) is 10.7. The van der Waals surface area contributed by atoms with E-state index in [4.69, 9.17) is 31.4 Å². The zero-order valence-corrected chi connectivity index (χ0v) is 29.3. The van der Waals surface area contributed by atoms with Crippen molar-refractivity contribution >= 4 is 34.7 Å². The van der Waals surface area contributed by atoms with Crippen LogP contribution in [-0.4, -0.2) is 82.4 Å². The van der Waals surface area contributed by atoms with Crippen LogP contribution in [0.3, 0.4) is 0 Å². The third-order valence-electron chi connectivity index (χ3n) is 6.92. The molecule has 0 bridgehead atoms. The van der Waals surface area contributed by atoms with E-state index in [0.29, 0.717) is 23.5 Å². The molecule has 0 saturated carbocycles. The van der Waals surface area contributed by atoms with E-state index in [2.05, 4.69) is 66.3 Å². The van der Waals surface area contributed by atoms with Crippen LogP contribution in [-0.2, 0) is 32.3 Å². The first-order valence-electron chi connectivity index (χ1n) is 15.4. The number of nitrogens with one attached hydrogen (secondary N) is 1. The molecule has 0 aliphatic carbocycles. The van der Waals surface area contributed by atoms with Gasteiger partial charge in [-0.3, -0.25) is 19.1 Å². The molecule has 0 saturated heterocycles. The summed E-state index contributed by atoms with van der Waals surface area (Å²) in [5.41, 5.74) is 19.3. The topological polar surface area (TPSA) is 203 Å². The number of anilines is 2. The average molecular weight is 689 g/mol. The number of nitrogens with two attached hydrogens (primary N) is 3. The van der Waals surface area contributed by atoms with Gasteiger partial charge in [0.05, 0.1) is 45.7 Å². The van der Waals surface area contributed by atoms with Crippen molar-refractivity contribution in [2.75, 3.05) is 51.9 Å². The minimum Gasteiger partial charge on any atom is -1.00 e. The highest BCUT2D eigenvalue weighted by atomic mass is 35.5. The molecule has 0 spiro atoms. The van der Waals surface area contributed by atoms with Crippen LogP contribution in [0.25, 0.3) is 11.2 Å². The maximum atomic E-state index is 11.6. The van der Waals surface area contributed by atoms with Gasteiger partial charge >= 0.3 is 11.9 Å². The number of esters is 2. The van der Waals surface area contributed by atoms with Crippen molar-refractivity contribution < 1.29 is 40.7 Å². The van der Waals surface area contributed by atoms with Crippen LogP contribution in [0.4, 0.5) is 11.6 Å². The monoisotopic (exact) mass is 688 g/mol. The van der Waals surface area contributed by atoms with Gasteiger partial charge < -0.3 is 48.3 Å². The fourth-order valence-corrected chi connectivity index (χ4v) is 3.82. The summed E-state index contributed by atoms with van der Waals surface area (Å²) in [6, 6.07) is 16.6. The van der Waals surface area contributed by atoms with Crippen molar-refractivity contribution in [3.63, 3.8) is 0 Å². The summed E-state index contributed by atoms with van der Waals surface area (Å²) < 4.78 is 17.8. The normalized spacial score (nSPS) is 11.3. The maximum Gasteiger partial charge on any atom is 0.338 e. The van der Waals surface area contributed by atoms with Gasteiger partial charge in [0.2, 0.25) is 5.95 Å². The number of carbonyl (C=O) groups excluding carboxylic acids is 2. The number of carbonyl (C=O) groups is 2. The summed E-state index contributed by atoms with van der Waals surface area (Å²) in [7, 11) is 4.51. The highest BCUT2D eigenvalue weighted by molar-refractivity contribution is 5.89. The number of imidazole rings is 1. The zero-order chi connectivity index (χ0) is 35.0. The number of halogens is 1. The number of aromatic amines is 1. The minimum absolute atomic E-state index is 0. The Morgan fingerprint density at radius 1 is 0.979 bits per heavy atom. The van der Waals surface area contributed by atoms with Gasteiger partial charge in [-0.05, 0) is 44.0 Å². The molecule has 2 heterocycles. The molecule has 0 aliphatic rings. The predicted molar refractivity (Wildman–Crippen MR) is 182 cm³/mol. The standard InChI is InChI=1S/C13H20N6O4.C11H18N.C9H11NO2.ClH/c1-7(2)8(14)12(21)23-4-3-22-6-19-5-16-9-10(19)17-13(15)18-11(9)20;1-4-12(2,3)10-11-8-6-5-7-9-11;1-2-12-9(11)7-3-5-8(10)6-4-7;/h5,7-8H,3-4,6,14H2,1-2H3,(H3,15,17,18,20);5-9H,4,10H2,1-3H3;3-6H,2,10H2,1H3;1H/q;+1;;/p-1/t8-;;;/m0.../s1. The smallest absolute Gasteiger partial charge is 0.338 e. The van der Waals surface area contributed by atoms with Gasteiger partial charge in [-0.2, -0.15) is 4.98 Å². The number of hydrogen-bond acceptors (Lipinski definition) is 11. The number of aromatic nitrogens is 4. The molecule has 264 valence electrons. The molecular weight excluding hydrogens is 640 g/mol. The zero-order valence-electron chi connectivity index (χ0n) is 28.5. The Bertz CT molecular complexity index is 1590. The third-order valence-corrected chi connectivity index (χ3v) is 6.92.